The third-order valence-corrected chi connectivity index (χ3v) is 7.32. The molecule has 12 heteroatoms. The molecule has 0 saturated carbocycles. The van der Waals surface area contributed by atoms with E-state index in [4.69, 9.17) is 4.74 Å². The quantitative estimate of drug-likeness (QED) is 0.273. The Kier molecular flexibility index (Phi) is 13.8. The van der Waals surface area contributed by atoms with E-state index < -0.39 is 17.7 Å². The number of thioether (sulfide) groups is 1. The zero-order valence-electron chi connectivity index (χ0n) is 25.1. The highest BCUT2D eigenvalue weighted by Gasteiger charge is 2.23. The Morgan fingerprint density at radius 2 is 1.60 bits per heavy atom. The van der Waals surface area contributed by atoms with Crippen molar-refractivity contribution < 1.29 is 14.3 Å². The number of rotatable bonds is 17. The van der Waals surface area contributed by atoms with Crippen molar-refractivity contribution in [3.8, 4) is 0 Å². The van der Waals surface area contributed by atoms with E-state index in [0.717, 1.165) is 63.5 Å². The molecule has 1 unspecified atom stereocenters. The number of fused-ring (bicyclic) bond motifs is 1. The van der Waals surface area contributed by atoms with Gasteiger partial charge in [-0.1, -0.05) is 44.9 Å². The first-order valence-electron chi connectivity index (χ1n) is 14.3. The molecule has 0 aliphatic heterocycles. The van der Waals surface area contributed by atoms with Gasteiger partial charge in [-0.05, 0) is 52.0 Å². The molecule has 2 aromatic rings. The van der Waals surface area contributed by atoms with Gasteiger partial charge in [0.05, 0.1) is 6.33 Å². The highest BCUT2D eigenvalue weighted by Crippen LogP contribution is 2.11. The molecule has 2 N–H and O–H groups in total. The minimum absolute atomic E-state index is 0.166. The Hall–Kier alpha value is -2.76. The molecule has 0 radical (unpaired) electrons. The van der Waals surface area contributed by atoms with Crippen LogP contribution in [0.5, 0.6) is 0 Å². The molecule has 0 fully saturated rings. The van der Waals surface area contributed by atoms with Gasteiger partial charge in [-0.2, -0.15) is 11.8 Å². The van der Waals surface area contributed by atoms with Crippen LogP contribution in [0, 0.1) is 0 Å². The highest BCUT2D eigenvalue weighted by molar-refractivity contribution is 7.98. The maximum atomic E-state index is 12.7. The molecule has 2 aromatic heterocycles. The molecule has 40 heavy (non-hydrogen) atoms. The number of amides is 2. The summed E-state index contributed by atoms with van der Waals surface area (Å²) >= 11 is 1.63. The molecule has 1 atom stereocenters. The Balaban J connectivity index is 1.57. The predicted molar refractivity (Wildman–Crippen MR) is 161 cm³/mol. The SMILES string of the molecule is CSCCC(NC(=O)OC(C)(C)C)C(=O)NCCCCCCCCCCCn1c(=O)c2c(ncn2C)n(C)c1=O. The lowest BCUT2D eigenvalue weighted by molar-refractivity contribution is -0.123. The van der Waals surface area contributed by atoms with Crippen LogP contribution in [0.15, 0.2) is 15.9 Å². The number of aromatic nitrogens is 4. The van der Waals surface area contributed by atoms with Crippen LogP contribution in [0.3, 0.4) is 0 Å². The second-order valence-electron chi connectivity index (χ2n) is 11.3. The molecule has 2 heterocycles. The number of nitrogens with one attached hydrogen (secondary N) is 2. The van der Waals surface area contributed by atoms with Crippen LogP contribution < -0.4 is 21.9 Å². The molecule has 2 rings (SSSR count). The molecular formula is C28H48N6O5S. The number of alkyl carbamates (subject to hydrolysis) is 1. The molecule has 226 valence electrons. The van der Waals surface area contributed by atoms with E-state index >= 15 is 0 Å². The maximum absolute atomic E-state index is 12.7. The van der Waals surface area contributed by atoms with Gasteiger partial charge in [0, 0.05) is 27.2 Å². The van der Waals surface area contributed by atoms with Gasteiger partial charge in [-0.3, -0.25) is 18.7 Å². The normalized spacial score (nSPS) is 12.4. The number of aryl methyl sites for hydroxylation is 2. The zero-order chi connectivity index (χ0) is 29.7. The van der Waals surface area contributed by atoms with Crippen LogP contribution in [0.2, 0.25) is 0 Å². The van der Waals surface area contributed by atoms with Gasteiger partial charge in [0.15, 0.2) is 11.2 Å². The first kappa shape index (κ1) is 33.4. The molecule has 0 spiro atoms. The second-order valence-corrected chi connectivity index (χ2v) is 12.3. The van der Waals surface area contributed by atoms with Gasteiger partial charge in [0.25, 0.3) is 5.56 Å². The van der Waals surface area contributed by atoms with Gasteiger partial charge >= 0.3 is 11.8 Å². The predicted octanol–water partition coefficient (Wildman–Crippen LogP) is 3.71. The molecule has 2 amide bonds. The number of carbonyl (C=O) groups excluding carboxylic acids is 2. The van der Waals surface area contributed by atoms with Crippen molar-refractivity contribution in [1.82, 2.24) is 29.3 Å². The summed E-state index contributed by atoms with van der Waals surface area (Å²) in [4.78, 5) is 54.1. The van der Waals surface area contributed by atoms with E-state index in [0.29, 0.717) is 30.7 Å². The number of unbranched alkanes of at least 4 members (excludes halogenated alkanes) is 8. The number of nitrogens with zero attached hydrogens (tertiary/aromatic N) is 4. The topological polar surface area (TPSA) is 129 Å². The largest absolute Gasteiger partial charge is 0.444 e. The van der Waals surface area contributed by atoms with Crippen LogP contribution in [0.1, 0.15) is 85.0 Å². The molecule has 11 nitrogen and oxygen atoms in total. The fourth-order valence-electron chi connectivity index (χ4n) is 4.51. The molecule has 0 bridgehead atoms. The highest BCUT2D eigenvalue weighted by atomic mass is 32.2. The lowest BCUT2D eigenvalue weighted by Gasteiger charge is -2.23. The van der Waals surface area contributed by atoms with E-state index in [1.54, 1.807) is 57.5 Å². The monoisotopic (exact) mass is 580 g/mol. The first-order chi connectivity index (χ1) is 19.0. The summed E-state index contributed by atoms with van der Waals surface area (Å²) in [6.07, 6.45) is 12.8. The fourth-order valence-corrected chi connectivity index (χ4v) is 4.99. The van der Waals surface area contributed by atoms with E-state index in [1.165, 1.54) is 9.13 Å². The van der Waals surface area contributed by atoms with E-state index in [2.05, 4.69) is 15.6 Å². The van der Waals surface area contributed by atoms with Crippen molar-refractivity contribution in [1.29, 1.82) is 0 Å². The fraction of sp³-hybridized carbons (Fsp3) is 0.750. The van der Waals surface area contributed by atoms with Gasteiger partial charge in [-0.25, -0.2) is 14.6 Å². The summed E-state index contributed by atoms with van der Waals surface area (Å²) in [7, 11) is 3.41. The molecular weight excluding hydrogens is 532 g/mol. The Morgan fingerprint density at radius 3 is 2.20 bits per heavy atom. The standard InChI is InChI=1S/C28H48N6O5S/c1-28(2,3)39-26(37)31-21(16-19-40-6)24(35)29-17-14-12-10-8-7-9-11-13-15-18-34-25(36)22-23(30-20-32(22)4)33(5)27(34)38/h20-21H,7-19H2,1-6H3,(H,29,35)(H,31,37). The third kappa shape index (κ3) is 10.7. The number of hydrogen-bond acceptors (Lipinski definition) is 7. The van der Waals surface area contributed by atoms with Crippen LogP contribution in [-0.2, 0) is 30.2 Å². The average Bonchev–Trinajstić information content (AvgIpc) is 3.27. The molecule has 0 aliphatic rings. The minimum Gasteiger partial charge on any atom is -0.444 e. The average molecular weight is 581 g/mol. The molecule has 0 saturated heterocycles. The smallest absolute Gasteiger partial charge is 0.408 e. The van der Waals surface area contributed by atoms with Crippen molar-refractivity contribution in [2.24, 2.45) is 14.1 Å². The zero-order valence-corrected chi connectivity index (χ0v) is 25.9. The Morgan fingerprint density at radius 1 is 1.00 bits per heavy atom. The van der Waals surface area contributed by atoms with E-state index in [-0.39, 0.29) is 17.2 Å². The van der Waals surface area contributed by atoms with Crippen molar-refractivity contribution >= 4 is 34.9 Å². The summed E-state index contributed by atoms with van der Waals surface area (Å²) in [5.74, 6) is 0.603. The van der Waals surface area contributed by atoms with Gasteiger partial charge in [-0.15, -0.1) is 0 Å². The van der Waals surface area contributed by atoms with E-state index in [1.807, 2.05) is 6.26 Å². The minimum atomic E-state index is -0.610. The summed E-state index contributed by atoms with van der Waals surface area (Å²) < 4.78 is 9.71. The lowest BCUT2D eigenvalue weighted by atomic mass is 10.1. The summed E-state index contributed by atoms with van der Waals surface area (Å²) in [6, 6.07) is -0.595. The van der Waals surface area contributed by atoms with Crippen LogP contribution in [0.25, 0.3) is 11.2 Å². The van der Waals surface area contributed by atoms with Crippen molar-refractivity contribution in [3.05, 3.63) is 27.2 Å². The molecule has 0 aliphatic carbocycles. The second kappa shape index (κ2) is 16.5. The van der Waals surface area contributed by atoms with Crippen LogP contribution >= 0.6 is 11.8 Å². The van der Waals surface area contributed by atoms with Gasteiger partial charge in [0.2, 0.25) is 5.91 Å². The Labute approximate surface area is 241 Å². The van der Waals surface area contributed by atoms with Gasteiger partial charge in [0.1, 0.15) is 11.6 Å². The summed E-state index contributed by atoms with van der Waals surface area (Å²) in [6.45, 7) is 6.40. The summed E-state index contributed by atoms with van der Waals surface area (Å²) in [5, 5.41) is 5.65. The van der Waals surface area contributed by atoms with Gasteiger partial charge < -0.3 is 19.9 Å². The third-order valence-electron chi connectivity index (χ3n) is 6.68. The van der Waals surface area contributed by atoms with Crippen molar-refractivity contribution in [3.63, 3.8) is 0 Å². The maximum Gasteiger partial charge on any atom is 0.408 e. The van der Waals surface area contributed by atoms with E-state index in [9.17, 15) is 19.2 Å². The molecule has 0 aromatic carbocycles. The number of carbonyl (C=O) groups is 2. The first-order valence-corrected chi connectivity index (χ1v) is 15.7. The van der Waals surface area contributed by atoms with Crippen LogP contribution in [-0.4, -0.2) is 60.9 Å². The Bertz CT molecular complexity index is 1210. The van der Waals surface area contributed by atoms with Crippen molar-refractivity contribution in [2.75, 3.05) is 18.6 Å². The number of ether oxygens (including phenoxy) is 1. The number of imidazole rings is 1. The summed E-state index contributed by atoms with van der Waals surface area (Å²) in [5.41, 5.74) is -0.330. The number of hydrogen-bond donors (Lipinski definition) is 2. The lowest BCUT2D eigenvalue weighted by Crippen LogP contribution is -2.48. The van der Waals surface area contributed by atoms with Crippen molar-refractivity contribution in [2.45, 2.75) is 103 Å². The van der Waals surface area contributed by atoms with Crippen LogP contribution in [0.4, 0.5) is 4.79 Å².